The summed E-state index contributed by atoms with van der Waals surface area (Å²) in [4.78, 5) is 20.4. The van der Waals surface area contributed by atoms with E-state index in [9.17, 15) is 20.0 Å². The molecule has 15 heavy (non-hydrogen) atoms. The molecule has 0 saturated heterocycles. The van der Waals surface area contributed by atoms with E-state index in [1.807, 2.05) is 0 Å². The van der Waals surface area contributed by atoms with Gasteiger partial charge in [-0.2, -0.15) is 0 Å². The van der Waals surface area contributed by atoms with Gasteiger partial charge in [0, 0.05) is 12.5 Å². The number of carbonyl (C=O) groups excluding carboxylic acids is 1. The zero-order chi connectivity index (χ0) is 11.4. The Hall–Kier alpha value is -1.91. The number of Topliss-reactive ketones (excluding diaryl/α,β-unsaturated/α-hetero) is 1. The molecular formula is C10H11NO4. The van der Waals surface area contributed by atoms with Gasteiger partial charge in [0.1, 0.15) is 5.78 Å². The van der Waals surface area contributed by atoms with Gasteiger partial charge < -0.3 is 9.90 Å². The SMILES string of the molecule is CC(=O)CCc1ccc([N+](=O)[O-])c(O)c1. The van der Waals surface area contributed by atoms with E-state index in [0.29, 0.717) is 18.4 Å². The Morgan fingerprint density at radius 2 is 2.20 bits per heavy atom. The maximum Gasteiger partial charge on any atom is 0.310 e. The van der Waals surface area contributed by atoms with Gasteiger partial charge in [0.2, 0.25) is 0 Å². The maximum atomic E-state index is 10.7. The highest BCUT2D eigenvalue weighted by molar-refractivity contribution is 5.75. The third-order valence-electron chi connectivity index (χ3n) is 2.00. The van der Waals surface area contributed by atoms with E-state index in [0.717, 1.165) is 0 Å². The number of rotatable bonds is 4. The van der Waals surface area contributed by atoms with Gasteiger partial charge >= 0.3 is 5.69 Å². The summed E-state index contributed by atoms with van der Waals surface area (Å²) in [6.45, 7) is 1.48. The summed E-state index contributed by atoms with van der Waals surface area (Å²) >= 11 is 0. The van der Waals surface area contributed by atoms with Crippen LogP contribution < -0.4 is 0 Å². The molecule has 0 spiro atoms. The highest BCUT2D eigenvalue weighted by Crippen LogP contribution is 2.26. The summed E-state index contributed by atoms with van der Waals surface area (Å²) in [5, 5.41) is 19.7. The zero-order valence-electron chi connectivity index (χ0n) is 8.27. The lowest BCUT2D eigenvalue weighted by atomic mass is 10.1. The number of nitro benzene ring substituents is 1. The van der Waals surface area contributed by atoms with Gasteiger partial charge in [-0.15, -0.1) is 0 Å². The van der Waals surface area contributed by atoms with Crippen molar-refractivity contribution in [3.8, 4) is 5.75 Å². The Balaban J connectivity index is 2.82. The number of nitrogens with zero attached hydrogens (tertiary/aromatic N) is 1. The van der Waals surface area contributed by atoms with E-state index in [4.69, 9.17) is 0 Å². The van der Waals surface area contributed by atoms with Crippen molar-refractivity contribution in [1.82, 2.24) is 0 Å². The van der Waals surface area contributed by atoms with Crippen LogP contribution in [-0.4, -0.2) is 15.8 Å². The lowest BCUT2D eigenvalue weighted by Gasteiger charge is -2.00. The van der Waals surface area contributed by atoms with Crippen molar-refractivity contribution < 1.29 is 14.8 Å². The van der Waals surface area contributed by atoms with Crippen molar-refractivity contribution >= 4 is 11.5 Å². The highest BCUT2D eigenvalue weighted by atomic mass is 16.6. The zero-order valence-corrected chi connectivity index (χ0v) is 8.27. The minimum Gasteiger partial charge on any atom is -0.502 e. The molecule has 1 N–H and O–H groups in total. The summed E-state index contributed by atoms with van der Waals surface area (Å²) in [6.07, 6.45) is 0.859. The molecule has 0 aliphatic heterocycles. The summed E-state index contributed by atoms with van der Waals surface area (Å²) in [5.74, 6) is -0.311. The van der Waals surface area contributed by atoms with Crippen LogP contribution in [0.4, 0.5) is 5.69 Å². The molecule has 0 saturated carbocycles. The third kappa shape index (κ3) is 3.05. The van der Waals surface area contributed by atoms with Gasteiger partial charge in [-0.05, 0) is 25.0 Å². The Morgan fingerprint density at radius 1 is 1.53 bits per heavy atom. The van der Waals surface area contributed by atoms with Crippen molar-refractivity contribution in [1.29, 1.82) is 0 Å². The first kappa shape index (κ1) is 11.2. The van der Waals surface area contributed by atoms with E-state index in [1.54, 1.807) is 6.07 Å². The summed E-state index contributed by atoms with van der Waals surface area (Å²) in [7, 11) is 0. The van der Waals surface area contributed by atoms with Crippen LogP contribution in [-0.2, 0) is 11.2 Å². The molecule has 0 aromatic heterocycles. The standard InChI is InChI=1S/C10H11NO4/c1-7(12)2-3-8-4-5-9(11(14)15)10(13)6-8/h4-6,13H,2-3H2,1H3. The topological polar surface area (TPSA) is 80.4 Å². The number of aromatic hydroxyl groups is 1. The average Bonchev–Trinajstić information content (AvgIpc) is 2.14. The van der Waals surface area contributed by atoms with E-state index in [2.05, 4.69) is 0 Å². The first-order chi connectivity index (χ1) is 7.00. The molecule has 0 radical (unpaired) electrons. The fraction of sp³-hybridized carbons (Fsp3) is 0.300. The van der Waals surface area contributed by atoms with Gasteiger partial charge in [-0.1, -0.05) is 6.07 Å². The minimum atomic E-state index is -0.649. The second-order valence-electron chi connectivity index (χ2n) is 3.28. The molecule has 5 heteroatoms. The van der Waals surface area contributed by atoms with Gasteiger partial charge in [0.25, 0.3) is 0 Å². The minimum absolute atomic E-state index is 0.0489. The maximum absolute atomic E-state index is 10.7. The Morgan fingerprint density at radius 3 is 2.67 bits per heavy atom. The molecule has 1 rings (SSSR count). The quantitative estimate of drug-likeness (QED) is 0.605. The fourth-order valence-corrected chi connectivity index (χ4v) is 1.20. The fourth-order valence-electron chi connectivity index (χ4n) is 1.20. The molecule has 0 heterocycles. The molecule has 0 unspecified atom stereocenters. The van der Waals surface area contributed by atoms with Crippen LogP contribution in [0, 0.1) is 10.1 Å². The molecule has 0 aliphatic carbocycles. The number of hydrogen-bond acceptors (Lipinski definition) is 4. The molecule has 0 aliphatic rings. The Kier molecular flexibility index (Phi) is 3.38. The van der Waals surface area contributed by atoms with Crippen molar-refractivity contribution in [2.45, 2.75) is 19.8 Å². The summed E-state index contributed by atoms with van der Waals surface area (Å²) < 4.78 is 0. The van der Waals surface area contributed by atoms with Gasteiger partial charge in [0.15, 0.2) is 5.75 Å². The van der Waals surface area contributed by atoms with Crippen molar-refractivity contribution in [2.24, 2.45) is 0 Å². The number of phenolic OH excluding ortho intramolecular Hbond substituents is 1. The molecule has 0 fully saturated rings. The van der Waals surface area contributed by atoms with Crippen LogP contribution in [0.2, 0.25) is 0 Å². The lowest BCUT2D eigenvalue weighted by Crippen LogP contribution is -1.95. The molecule has 80 valence electrons. The average molecular weight is 209 g/mol. The van der Waals surface area contributed by atoms with Crippen LogP contribution >= 0.6 is 0 Å². The highest BCUT2D eigenvalue weighted by Gasteiger charge is 2.12. The number of carbonyl (C=O) groups is 1. The second kappa shape index (κ2) is 4.54. The van der Waals surface area contributed by atoms with E-state index >= 15 is 0 Å². The number of nitro groups is 1. The Labute approximate surface area is 86.5 Å². The summed E-state index contributed by atoms with van der Waals surface area (Å²) in [6, 6.07) is 4.10. The van der Waals surface area contributed by atoms with Gasteiger partial charge in [-0.25, -0.2) is 0 Å². The van der Waals surface area contributed by atoms with E-state index < -0.39 is 4.92 Å². The van der Waals surface area contributed by atoms with E-state index in [-0.39, 0.29) is 17.2 Å². The lowest BCUT2D eigenvalue weighted by molar-refractivity contribution is -0.385. The Bertz CT molecular complexity index is 400. The smallest absolute Gasteiger partial charge is 0.310 e. The van der Waals surface area contributed by atoms with Crippen LogP contribution in [0.3, 0.4) is 0 Å². The largest absolute Gasteiger partial charge is 0.502 e. The number of benzene rings is 1. The van der Waals surface area contributed by atoms with Crippen LogP contribution in [0.25, 0.3) is 0 Å². The number of hydrogen-bond donors (Lipinski definition) is 1. The van der Waals surface area contributed by atoms with Crippen molar-refractivity contribution in [2.75, 3.05) is 0 Å². The molecule has 1 aromatic rings. The molecule has 0 atom stereocenters. The monoisotopic (exact) mass is 209 g/mol. The first-order valence-corrected chi connectivity index (χ1v) is 4.46. The molecule has 1 aromatic carbocycles. The molecular weight excluding hydrogens is 198 g/mol. The predicted molar refractivity (Wildman–Crippen MR) is 53.8 cm³/mol. The van der Waals surface area contributed by atoms with Crippen LogP contribution in [0.15, 0.2) is 18.2 Å². The van der Waals surface area contributed by atoms with Crippen LogP contribution in [0.5, 0.6) is 5.75 Å². The normalized spacial score (nSPS) is 9.93. The first-order valence-electron chi connectivity index (χ1n) is 4.46. The third-order valence-corrected chi connectivity index (χ3v) is 2.00. The number of aryl methyl sites for hydroxylation is 1. The van der Waals surface area contributed by atoms with Gasteiger partial charge in [0.05, 0.1) is 4.92 Å². The second-order valence-corrected chi connectivity index (χ2v) is 3.28. The number of phenols is 1. The molecule has 0 amide bonds. The van der Waals surface area contributed by atoms with E-state index in [1.165, 1.54) is 19.1 Å². The van der Waals surface area contributed by atoms with Crippen LogP contribution in [0.1, 0.15) is 18.9 Å². The van der Waals surface area contributed by atoms with Gasteiger partial charge in [-0.3, -0.25) is 10.1 Å². The van der Waals surface area contributed by atoms with Crippen molar-refractivity contribution in [3.63, 3.8) is 0 Å². The summed E-state index contributed by atoms with van der Waals surface area (Å²) in [5.41, 5.74) is 0.398. The molecule has 0 bridgehead atoms. The predicted octanol–water partition coefficient (Wildman–Crippen LogP) is 1.82. The van der Waals surface area contributed by atoms with Crippen molar-refractivity contribution in [3.05, 3.63) is 33.9 Å². The molecule has 5 nitrogen and oxygen atoms in total. The number of ketones is 1.